The van der Waals surface area contributed by atoms with Crippen molar-refractivity contribution < 1.29 is 23.1 Å². The van der Waals surface area contributed by atoms with Gasteiger partial charge in [-0.3, -0.25) is 14.3 Å². The summed E-state index contributed by atoms with van der Waals surface area (Å²) in [6.45, 7) is 5.67. The number of nitrogens with one attached hydrogen (secondary N) is 2. The molecule has 40 heavy (non-hydrogen) atoms. The molecule has 6 rings (SSSR count). The van der Waals surface area contributed by atoms with Crippen LogP contribution in [0.1, 0.15) is 72.7 Å². The summed E-state index contributed by atoms with van der Waals surface area (Å²) in [4.78, 5) is 33.1. The van der Waals surface area contributed by atoms with Gasteiger partial charge in [-0.15, -0.1) is 5.10 Å². The van der Waals surface area contributed by atoms with Crippen molar-refractivity contribution in [2.24, 2.45) is 5.92 Å². The molecule has 1 aliphatic heterocycles. The van der Waals surface area contributed by atoms with E-state index in [1.807, 2.05) is 17.9 Å². The summed E-state index contributed by atoms with van der Waals surface area (Å²) in [6.07, 6.45) is 4.68. The van der Waals surface area contributed by atoms with Crippen molar-refractivity contribution in [2.75, 3.05) is 16.2 Å². The van der Waals surface area contributed by atoms with E-state index in [1.54, 1.807) is 25.3 Å². The van der Waals surface area contributed by atoms with Gasteiger partial charge in [-0.1, -0.05) is 0 Å². The Morgan fingerprint density at radius 1 is 1.30 bits per heavy atom. The molecule has 12 nitrogen and oxygen atoms in total. The summed E-state index contributed by atoms with van der Waals surface area (Å²) in [5.74, 6) is -0.278. The first-order valence-electron chi connectivity index (χ1n) is 13.5. The van der Waals surface area contributed by atoms with Crippen molar-refractivity contribution in [2.45, 2.75) is 70.7 Å². The molecule has 0 unspecified atom stereocenters. The fourth-order valence-corrected chi connectivity index (χ4v) is 6.44. The molecule has 2 aliphatic carbocycles. The molecule has 3 aliphatic rings. The Kier molecular flexibility index (Phi) is 6.07. The average molecular weight is 568 g/mol. The van der Waals surface area contributed by atoms with Gasteiger partial charge < -0.3 is 21.1 Å². The largest absolute Gasteiger partial charge is 0.390 e. The van der Waals surface area contributed by atoms with Crippen molar-refractivity contribution >= 4 is 39.0 Å². The predicted octanol–water partition coefficient (Wildman–Crippen LogP) is 2.14. The van der Waals surface area contributed by atoms with E-state index in [9.17, 15) is 23.1 Å². The van der Waals surface area contributed by atoms with Gasteiger partial charge in [0.1, 0.15) is 5.56 Å². The van der Waals surface area contributed by atoms with Crippen molar-refractivity contribution in [1.29, 1.82) is 0 Å². The summed E-state index contributed by atoms with van der Waals surface area (Å²) in [6, 6.07) is 5.05. The lowest BCUT2D eigenvalue weighted by molar-refractivity contribution is -0.0366. The Balaban J connectivity index is 1.39. The third-order valence-corrected chi connectivity index (χ3v) is 9.51. The van der Waals surface area contributed by atoms with Gasteiger partial charge in [0.25, 0.3) is 11.8 Å². The normalized spacial score (nSPS) is 23.1. The van der Waals surface area contributed by atoms with E-state index in [-0.39, 0.29) is 46.5 Å². The molecule has 3 heterocycles. The Labute approximate surface area is 232 Å². The number of benzene rings is 1. The molecule has 5 N–H and O–H groups in total. The van der Waals surface area contributed by atoms with Crippen LogP contribution in [-0.4, -0.2) is 68.3 Å². The van der Waals surface area contributed by atoms with Crippen LogP contribution in [0.5, 0.6) is 0 Å². The van der Waals surface area contributed by atoms with Crippen LogP contribution in [0.2, 0.25) is 0 Å². The van der Waals surface area contributed by atoms with Gasteiger partial charge in [-0.25, -0.2) is 17.9 Å². The van der Waals surface area contributed by atoms with Gasteiger partial charge in [0, 0.05) is 30.4 Å². The second-order valence-corrected chi connectivity index (χ2v) is 13.5. The summed E-state index contributed by atoms with van der Waals surface area (Å²) in [7, 11) is -3.67. The Morgan fingerprint density at radius 3 is 2.67 bits per heavy atom. The highest BCUT2D eigenvalue weighted by Gasteiger charge is 2.41. The van der Waals surface area contributed by atoms with E-state index in [1.165, 1.54) is 11.4 Å². The molecule has 3 aromatic rings. The molecular weight excluding hydrogens is 534 g/mol. The van der Waals surface area contributed by atoms with Crippen LogP contribution in [-0.2, 0) is 16.6 Å². The monoisotopic (exact) mass is 567 g/mol. The molecule has 212 valence electrons. The summed E-state index contributed by atoms with van der Waals surface area (Å²) >= 11 is 0. The molecule has 2 saturated carbocycles. The molecule has 2 amide bonds. The molecule has 2 fully saturated rings. The highest BCUT2D eigenvalue weighted by Crippen LogP contribution is 2.41. The highest BCUT2D eigenvalue weighted by molar-refractivity contribution is 7.92. The SMILES string of the molecule is CCS(=O)(=O)Nc1cc(-c2ccn3nc(N)c(C(=O)NC4CC(C)(O)C4)c3n2)cc2c1C(=O)N([C@@H](C)C1CC1)C2. The lowest BCUT2D eigenvalue weighted by atomic mass is 9.77. The van der Waals surface area contributed by atoms with Crippen LogP contribution in [0.4, 0.5) is 11.5 Å². The van der Waals surface area contributed by atoms with Crippen molar-refractivity contribution in [3.8, 4) is 11.3 Å². The lowest BCUT2D eigenvalue weighted by Crippen LogP contribution is -2.53. The maximum absolute atomic E-state index is 13.5. The Bertz CT molecular complexity index is 1650. The van der Waals surface area contributed by atoms with Gasteiger partial charge in [-0.2, -0.15) is 0 Å². The first kappa shape index (κ1) is 26.5. The predicted molar refractivity (Wildman–Crippen MR) is 149 cm³/mol. The van der Waals surface area contributed by atoms with Crippen LogP contribution in [0, 0.1) is 5.92 Å². The number of nitrogen functional groups attached to an aromatic ring is 1. The van der Waals surface area contributed by atoms with Gasteiger partial charge in [0.05, 0.1) is 28.3 Å². The minimum absolute atomic E-state index is 0.0221. The van der Waals surface area contributed by atoms with Crippen LogP contribution >= 0.6 is 0 Å². The minimum atomic E-state index is -3.67. The number of nitrogens with two attached hydrogens (primary N) is 1. The Morgan fingerprint density at radius 2 is 2.02 bits per heavy atom. The molecule has 1 atom stereocenters. The number of rotatable bonds is 8. The van der Waals surface area contributed by atoms with Gasteiger partial charge in [0.2, 0.25) is 10.0 Å². The number of fused-ring (bicyclic) bond motifs is 2. The quantitative estimate of drug-likeness (QED) is 0.320. The third-order valence-electron chi connectivity index (χ3n) is 8.22. The molecule has 2 aromatic heterocycles. The number of carbonyl (C=O) groups excluding carboxylic acids is 2. The van der Waals surface area contributed by atoms with E-state index < -0.39 is 21.5 Å². The standard InChI is InChI=1S/C27H33N7O5S/c1-4-40(38,39)32-20-10-16(9-17-13-33(26(36)21(17)20)14(2)15-5-6-15)19-7-8-34-24(30-19)22(23(28)31-34)25(35)29-18-11-27(3,37)12-18/h7-10,14-15,18,32,37H,4-6,11-13H2,1-3H3,(H2,28,31)(H,29,35)/t14-,18?,27?/m0/s1. The molecule has 0 radical (unpaired) electrons. The number of carbonyl (C=O) groups is 2. The average Bonchev–Trinajstić information content (AvgIpc) is 3.59. The van der Waals surface area contributed by atoms with Crippen LogP contribution in [0.25, 0.3) is 16.9 Å². The van der Waals surface area contributed by atoms with Gasteiger partial charge >= 0.3 is 0 Å². The second-order valence-electron chi connectivity index (χ2n) is 11.5. The third kappa shape index (κ3) is 4.66. The summed E-state index contributed by atoms with van der Waals surface area (Å²) in [5, 5.41) is 17.1. The summed E-state index contributed by atoms with van der Waals surface area (Å²) < 4.78 is 29.2. The second kappa shape index (κ2) is 9.16. The smallest absolute Gasteiger partial charge is 0.259 e. The highest BCUT2D eigenvalue weighted by atomic mass is 32.2. The number of anilines is 2. The number of nitrogens with zero attached hydrogens (tertiary/aromatic N) is 4. The first-order chi connectivity index (χ1) is 18.9. The topological polar surface area (TPSA) is 172 Å². The number of sulfonamides is 1. The zero-order valence-corrected chi connectivity index (χ0v) is 23.5. The molecule has 0 bridgehead atoms. The fourth-order valence-electron chi connectivity index (χ4n) is 5.79. The fraction of sp³-hybridized carbons (Fsp3) is 0.481. The van der Waals surface area contributed by atoms with E-state index in [4.69, 9.17) is 10.7 Å². The number of aromatic nitrogens is 3. The van der Waals surface area contributed by atoms with E-state index in [2.05, 4.69) is 15.1 Å². The van der Waals surface area contributed by atoms with Crippen molar-refractivity contribution in [3.05, 3.63) is 41.1 Å². The molecule has 1 aromatic carbocycles. The number of hydrogen-bond acceptors (Lipinski definition) is 8. The molecule has 0 spiro atoms. The Hall–Kier alpha value is -3.71. The van der Waals surface area contributed by atoms with Gasteiger partial charge in [0.15, 0.2) is 11.5 Å². The van der Waals surface area contributed by atoms with Crippen LogP contribution in [0.3, 0.4) is 0 Å². The van der Waals surface area contributed by atoms with E-state index >= 15 is 0 Å². The van der Waals surface area contributed by atoms with Crippen LogP contribution in [0.15, 0.2) is 24.4 Å². The minimum Gasteiger partial charge on any atom is -0.390 e. The zero-order chi connectivity index (χ0) is 28.6. The van der Waals surface area contributed by atoms with Crippen molar-refractivity contribution in [1.82, 2.24) is 24.8 Å². The zero-order valence-electron chi connectivity index (χ0n) is 22.6. The lowest BCUT2D eigenvalue weighted by Gasteiger charge is -2.41. The molecule has 0 saturated heterocycles. The van der Waals surface area contributed by atoms with E-state index in [0.717, 1.165) is 12.8 Å². The van der Waals surface area contributed by atoms with Crippen LogP contribution < -0.4 is 15.8 Å². The molecule has 13 heteroatoms. The number of amides is 2. The molecular formula is C27H33N7O5S. The maximum Gasteiger partial charge on any atom is 0.259 e. The number of aliphatic hydroxyl groups is 1. The summed E-state index contributed by atoms with van der Waals surface area (Å²) in [5.41, 5.74) is 8.02. The van der Waals surface area contributed by atoms with E-state index in [0.29, 0.717) is 47.7 Å². The van der Waals surface area contributed by atoms with Crippen molar-refractivity contribution in [3.63, 3.8) is 0 Å². The van der Waals surface area contributed by atoms with Gasteiger partial charge in [-0.05, 0) is 76.1 Å². The maximum atomic E-state index is 13.5. The first-order valence-corrected chi connectivity index (χ1v) is 15.2. The number of hydrogen-bond donors (Lipinski definition) is 4.